The Morgan fingerprint density at radius 1 is 1.14 bits per heavy atom. The summed E-state index contributed by atoms with van der Waals surface area (Å²) in [6.45, 7) is 10.3. The predicted molar refractivity (Wildman–Crippen MR) is 87.7 cm³/mol. The molecule has 1 N–H and O–H groups in total. The Balaban J connectivity index is 1.81. The average molecular weight is 309 g/mol. The van der Waals surface area contributed by atoms with Crippen molar-refractivity contribution in [2.75, 3.05) is 32.7 Å². The molecule has 1 amide bonds. The Hall–Kier alpha value is -0.940. The molecule has 2 heterocycles. The number of likely N-dealkylation sites (tertiary alicyclic amines) is 2. The van der Waals surface area contributed by atoms with E-state index in [0.29, 0.717) is 12.6 Å². The fourth-order valence-corrected chi connectivity index (χ4v) is 3.74. The first-order valence-electron chi connectivity index (χ1n) is 8.73. The molecule has 2 saturated heterocycles. The van der Waals surface area contributed by atoms with Crippen molar-refractivity contribution in [1.29, 1.82) is 0 Å². The van der Waals surface area contributed by atoms with Crippen molar-refractivity contribution in [3.63, 3.8) is 0 Å². The standard InChI is InChI=1S/C17H31N3O2/c1-13(2)17(14(3)21)18-16(22)12-19-8-6-7-15(11-19)20-9-4-5-10-20/h13,15,17H,4-12H2,1-3H3,(H,18,22)/t15-,17+/m0/s1. The number of carbonyl (C=O) groups excluding carboxylic acids is 2. The molecule has 5 nitrogen and oxygen atoms in total. The van der Waals surface area contributed by atoms with Crippen molar-refractivity contribution >= 4 is 11.7 Å². The fourth-order valence-electron chi connectivity index (χ4n) is 3.74. The van der Waals surface area contributed by atoms with E-state index >= 15 is 0 Å². The first kappa shape index (κ1) is 17.4. The fraction of sp³-hybridized carbons (Fsp3) is 0.882. The molecule has 2 rings (SSSR count). The minimum atomic E-state index is -0.355. The number of hydrogen-bond acceptors (Lipinski definition) is 4. The third-order valence-corrected chi connectivity index (χ3v) is 4.93. The van der Waals surface area contributed by atoms with E-state index in [1.807, 2.05) is 13.8 Å². The van der Waals surface area contributed by atoms with Gasteiger partial charge in [0.05, 0.1) is 12.6 Å². The average Bonchev–Trinajstić information content (AvgIpc) is 2.98. The van der Waals surface area contributed by atoms with Crippen molar-refractivity contribution in [2.45, 2.75) is 58.5 Å². The maximum absolute atomic E-state index is 12.2. The van der Waals surface area contributed by atoms with Crippen LogP contribution < -0.4 is 5.32 Å². The summed E-state index contributed by atoms with van der Waals surface area (Å²) in [4.78, 5) is 28.7. The molecular formula is C17H31N3O2. The van der Waals surface area contributed by atoms with Gasteiger partial charge < -0.3 is 5.32 Å². The van der Waals surface area contributed by atoms with Crippen molar-refractivity contribution in [2.24, 2.45) is 5.92 Å². The number of ketones is 1. The number of amides is 1. The number of nitrogens with one attached hydrogen (secondary N) is 1. The summed E-state index contributed by atoms with van der Waals surface area (Å²) >= 11 is 0. The predicted octanol–water partition coefficient (Wildman–Crippen LogP) is 1.28. The van der Waals surface area contributed by atoms with Crippen LogP contribution >= 0.6 is 0 Å². The van der Waals surface area contributed by atoms with Crippen molar-refractivity contribution in [3.05, 3.63) is 0 Å². The van der Waals surface area contributed by atoms with Crippen molar-refractivity contribution in [1.82, 2.24) is 15.1 Å². The van der Waals surface area contributed by atoms with E-state index in [1.54, 1.807) is 6.92 Å². The molecule has 2 fully saturated rings. The van der Waals surface area contributed by atoms with Crippen LogP contribution in [-0.4, -0.2) is 66.3 Å². The van der Waals surface area contributed by atoms with E-state index in [0.717, 1.165) is 19.5 Å². The Morgan fingerprint density at radius 2 is 1.82 bits per heavy atom. The maximum atomic E-state index is 12.2. The zero-order valence-corrected chi connectivity index (χ0v) is 14.3. The zero-order valence-electron chi connectivity index (χ0n) is 14.3. The highest BCUT2D eigenvalue weighted by molar-refractivity contribution is 5.88. The van der Waals surface area contributed by atoms with E-state index in [2.05, 4.69) is 15.1 Å². The number of carbonyl (C=O) groups is 2. The molecule has 0 bridgehead atoms. The first-order chi connectivity index (χ1) is 10.5. The molecule has 2 aliphatic rings. The molecule has 2 atom stereocenters. The van der Waals surface area contributed by atoms with Crippen LogP contribution in [0.4, 0.5) is 0 Å². The zero-order chi connectivity index (χ0) is 16.1. The molecule has 0 radical (unpaired) electrons. The molecule has 5 heteroatoms. The van der Waals surface area contributed by atoms with Crippen molar-refractivity contribution < 1.29 is 9.59 Å². The molecule has 0 aromatic carbocycles. The summed E-state index contributed by atoms with van der Waals surface area (Å²) in [5.41, 5.74) is 0. The van der Waals surface area contributed by atoms with Gasteiger partial charge in [0.15, 0.2) is 5.78 Å². The molecule has 0 aliphatic carbocycles. The van der Waals surface area contributed by atoms with Gasteiger partial charge in [-0.15, -0.1) is 0 Å². The lowest BCUT2D eigenvalue weighted by Gasteiger charge is -2.37. The van der Waals surface area contributed by atoms with Crippen LogP contribution in [0.25, 0.3) is 0 Å². The van der Waals surface area contributed by atoms with Gasteiger partial charge in [0.2, 0.25) is 5.91 Å². The van der Waals surface area contributed by atoms with Gasteiger partial charge in [-0.3, -0.25) is 19.4 Å². The Morgan fingerprint density at radius 3 is 2.41 bits per heavy atom. The van der Waals surface area contributed by atoms with E-state index < -0.39 is 0 Å². The van der Waals surface area contributed by atoms with Crippen LogP contribution in [0.15, 0.2) is 0 Å². The number of piperidine rings is 1. The molecular weight excluding hydrogens is 278 g/mol. The molecule has 0 saturated carbocycles. The Bertz CT molecular complexity index is 391. The van der Waals surface area contributed by atoms with Crippen molar-refractivity contribution in [3.8, 4) is 0 Å². The monoisotopic (exact) mass is 309 g/mol. The third kappa shape index (κ3) is 4.78. The van der Waals surface area contributed by atoms with E-state index in [9.17, 15) is 9.59 Å². The molecule has 2 aliphatic heterocycles. The number of Topliss-reactive ketones (excluding diaryl/α,β-unsaturated/α-hetero) is 1. The Labute approximate surface area is 134 Å². The molecule has 0 unspecified atom stereocenters. The van der Waals surface area contributed by atoms with Gasteiger partial charge in [0, 0.05) is 12.6 Å². The quantitative estimate of drug-likeness (QED) is 0.803. The van der Waals surface area contributed by atoms with Crippen LogP contribution in [0.5, 0.6) is 0 Å². The van der Waals surface area contributed by atoms with Gasteiger partial charge in [-0.05, 0) is 58.2 Å². The minimum Gasteiger partial charge on any atom is -0.345 e. The largest absolute Gasteiger partial charge is 0.345 e. The van der Waals surface area contributed by atoms with E-state index in [1.165, 1.54) is 32.4 Å². The third-order valence-electron chi connectivity index (χ3n) is 4.93. The number of rotatable bonds is 6. The van der Waals surface area contributed by atoms with Crippen LogP contribution in [-0.2, 0) is 9.59 Å². The number of hydrogen-bond donors (Lipinski definition) is 1. The lowest BCUT2D eigenvalue weighted by molar-refractivity contribution is -0.128. The van der Waals surface area contributed by atoms with Crippen LogP contribution in [0.3, 0.4) is 0 Å². The second kappa shape index (κ2) is 8.06. The van der Waals surface area contributed by atoms with Gasteiger partial charge in [-0.25, -0.2) is 0 Å². The summed E-state index contributed by atoms with van der Waals surface area (Å²) in [5, 5.41) is 2.90. The first-order valence-corrected chi connectivity index (χ1v) is 8.73. The lowest BCUT2D eigenvalue weighted by Crippen LogP contribution is -2.52. The topological polar surface area (TPSA) is 52.7 Å². The summed E-state index contributed by atoms with van der Waals surface area (Å²) in [7, 11) is 0. The minimum absolute atomic E-state index is 0.0176. The van der Waals surface area contributed by atoms with E-state index in [-0.39, 0.29) is 23.7 Å². The molecule has 0 aromatic rings. The lowest BCUT2D eigenvalue weighted by atomic mass is 10.0. The second-order valence-electron chi connectivity index (χ2n) is 7.17. The SMILES string of the molecule is CC(=O)[C@H](NC(=O)CN1CCC[C@H](N2CCCC2)C1)C(C)C. The Kier molecular flexibility index (Phi) is 6.38. The highest BCUT2D eigenvalue weighted by Crippen LogP contribution is 2.20. The summed E-state index contributed by atoms with van der Waals surface area (Å²) in [6, 6.07) is 0.254. The summed E-state index contributed by atoms with van der Waals surface area (Å²) in [6.07, 6.45) is 5.03. The second-order valence-corrected chi connectivity index (χ2v) is 7.17. The molecule has 126 valence electrons. The van der Waals surface area contributed by atoms with Gasteiger partial charge in [0.1, 0.15) is 0 Å². The van der Waals surface area contributed by atoms with Gasteiger partial charge in [-0.2, -0.15) is 0 Å². The van der Waals surface area contributed by atoms with Gasteiger partial charge in [0.25, 0.3) is 0 Å². The summed E-state index contributed by atoms with van der Waals surface area (Å²) in [5.74, 6) is 0.160. The number of nitrogens with zero attached hydrogens (tertiary/aromatic N) is 2. The van der Waals surface area contributed by atoms with Gasteiger partial charge >= 0.3 is 0 Å². The molecule has 22 heavy (non-hydrogen) atoms. The smallest absolute Gasteiger partial charge is 0.234 e. The normalized spacial score (nSPS) is 25.4. The molecule has 0 spiro atoms. The van der Waals surface area contributed by atoms with E-state index in [4.69, 9.17) is 0 Å². The maximum Gasteiger partial charge on any atom is 0.234 e. The highest BCUT2D eigenvalue weighted by atomic mass is 16.2. The summed E-state index contributed by atoms with van der Waals surface area (Å²) < 4.78 is 0. The van der Waals surface area contributed by atoms with Gasteiger partial charge in [-0.1, -0.05) is 13.8 Å². The molecule has 0 aromatic heterocycles. The van der Waals surface area contributed by atoms with Crippen LogP contribution in [0.1, 0.15) is 46.5 Å². The van der Waals surface area contributed by atoms with Crippen LogP contribution in [0.2, 0.25) is 0 Å². The highest BCUT2D eigenvalue weighted by Gasteiger charge is 2.28. The van der Waals surface area contributed by atoms with Crippen LogP contribution in [0, 0.1) is 5.92 Å².